The van der Waals surface area contributed by atoms with Crippen molar-refractivity contribution in [3.8, 4) is 0 Å². The lowest BCUT2D eigenvalue weighted by atomic mass is 9.80. The normalized spacial score (nSPS) is 40.2. The molecule has 116 valence electrons. The van der Waals surface area contributed by atoms with Gasteiger partial charge in [-0.05, 0) is 44.1 Å². The van der Waals surface area contributed by atoms with E-state index in [1.54, 1.807) is 0 Å². The van der Waals surface area contributed by atoms with Gasteiger partial charge in [-0.25, -0.2) is 0 Å². The lowest BCUT2D eigenvalue weighted by Gasteiger charge is -2.51. The van der Waals surface area contributed by atoms with Crippen molar-refractivity contribution in [3.05, 3.63) is 0 Å². The molecule has 0 N–H and O–H groups in total. The summed E-state index contributed by atoms with van der Waals surface area (Å²) in [6.07, 6.45) is 10.2. The summed E-state index contributed by atoms with van der Waals surface area (Å²) < 4.78 is 0. The molecule has 0 bridgehead atoms. The summed E-state index contributed by atoms with van der Waals surface area (Å²) in [4.78, 5) is 5.77. The highest BCUT2D eigenvalue weighted by molar-refractivity contribution is 4.97. The molecule has 0 radical (unpaired) electrons. The zero-order valence-corrected chi connectivity index (χ0v) is 13.9. The van der Waals surface area contributed by atoms with Gasteiger partial charge in [0.1, 0.15) is 0 Å². The van der Waals surface area contributed by atoms with E-state index in [0.29, 0.717) is 0 Å². The van der Waals surface area contributed by atoms with Crippen molar-refractivity contribution in [1.82, 2.24) is 9.80 Å². The Balaban J connectivity index is 1.76. The molecule has 4 unspecified atom stereocenters. The molecule has 1 aliphatic carbocycles. The van der Waals surface area contributed by atoms with E-state index in [2.05, 4.69) is 30.6 Å². The van der Waals surface area contributed by atoms with Gasteiger partial charge in [-0.2, -0.15) is 0 Å². The van der Waals surface area contributed by atoms with Crippen LogP contribution in [0, 0.1) is 11.8 Å². The van der Waals surface area contributed by atoms with Crippen molar-refractivity contribution < 1.29 is 0 Å². The molecule has 0 aromatic carbocycles. The molecule has 0 spiro atoms. The van der Waals surface area contributed by atoms with E-state index in [0.717, 1.165) is 30.0 Å². The van der Waals surface area contributed by atoms with Crippen LogP contribution in [0.2, 0.25) is 0 Å². The number of fused-ring (bicyclic) bond motifs is 1. The topological polar surface area (TPSA) is 6.48 Å². The Bertz CT molecular complexity index is 315. The zero-order chi connectivity index (χ0) is 14.1. The molecular weight excluding hydrogens is 244 g/mol. The van der Waals surface area contributed by atoms with Crippen LogP contribution >= 0.6 is 0 Å². The Morgan fingerprint density at radius 3 is 2.55 bits per heavy atom. The van der Waals surface area contributed by atoms with E-state index < -0.39 is 0 Å². The van der Waals surface area contributed by atoms with Crippen LogP contribution in [0.4, 0.5) is 0 Å². The minimum atomic E-state index is 0.802. The first-order valence-electron chi connectivity index (χ1n) is 9.20. The maximum atomic E-state index is 2.98. The van der Waals surface area contributed by atoms with Crippen molar-refractivity contribution in [3.63, 3.8) is 0 Å². The van der Waals surface area contributed by atoms with Gasteiger partial charge in [0.15, 0.2) is 0 Å². The average Bonchev–Trinajstić information content (AvgIpc) is 2.93. The second-order valence-electron chi connectivity index (χ2n) is 7.82. The third-order valence-corrected chi connectivity index (χ3v) is 6.36. The fourth-order valence-electron chi connectivity index (χ4n) is 5.14. The quantitative estimate of drug-likeness (QED) is 0.775. The third-order valence-electron chi connectivity index (χ3n) is 6.36. The van der Waals surface area contributed by atoms with E-state index in [1.165, 1.54) is 64.6 Å². The molecule has 2 aliphatic heterocycles. The van der Waals surface area contributed by atoms with E-state index >= 15 is 0 Å². The largest absolute Gasteiger partial charge is 0.298 e. The Morgan fingerprint density at radius 1 is 1.00 bits per heavy atom. The summed E-state index contributed by atoms with van der Waals surface area (Å²) in [6, 6.07) is 2.58. The molecular formula is C18H34N2. The molecule has 2 heteroatoms. The highest BCUT2D eigenvalue weighted by Crippen LogP contribution is 2.36. The molecule has 4 atom stereocenters. The molecule has 2 heterocycles. The van der Waals surface area contributed by atoms with Gasteiger partial charge in [0, 0.05) is 31.2 Å². The summed E-state index contributed by atoms with van der Waals surface area (Å²) in [6.45, 7) is 11.4. The SMILES string of the molecule is CCC1CCCCC1N1CC2CCCN2CC1C(C)C. The Morgan fingerprint density at radius 2 is 1.80 bits per heavy atom. The van der Waals surface area contributed by atoms with E-state index in [-0.39, 0.29) is 0 Å². The van der Waals surface area contributed by atoms with Crippen LogP contribution in [0.5, 0.6) is 0 Å². The average molecular weight is 278 g/mol. The van der Waals surface area contributed by atoms with E-state index in [9.17, 15) is 0 Å². The van der Waals surface area contributed by atoms with Crippen molar-refractivity contribution in [2.45, 2.75) is 83.8 Å². The summed E-state index contributed by atoms with van der Waals surface area (Å²) in [7, 11) is 0. The van der Waals surface area contributed by atoms with Crippen LogP contribution in [-0.2, 0) is 0 Å². The van der Waals surface area contributed by atoms with Gasteiger partial charge in [-0.1, -0.05) is 40.0 Å². The summed E-state index contributed by atoms with van der Waals surface area (Å²) >= 11 is 0. The lowest BCUT2D eigenvalue weighted by Crippen LogP contribution is -2.62. The van der Waals surface area contributed by atoms with Gasteiger partial charge < -0.3 is 0 Å². The second-order valence-corrected chi connectivity index (χ2v) is 7.82. The predicted octanol–water partition coefficient (Wildman–Crippen LogP) is 3.76. The molecule has 0 aromatic heterocycles. The summed E-state index contributed by atoms with van der Waals surface area (Å²) in [5.41, 5.74) is 0. The van der Waals surface area contributed by atoms with Crippen LogP contribution in [0.3, 0.4) is 0 Å². The number of piperazine rings is 1. The standard InChI is InChI=1S/C18H34N2/c1-4-15-8-5-6-10-17(15)20-12-16-9-7-11-19(16)13-18(20)14(2)3/h14-18H,4-13H2,1-3H3. The number of nitrogens with zero attached hydrogens (tertiary/aromatic N) is 2. The predicted molar refractivity (Wildman–Crippen MR) is 86.0 cm³/mol. The Kier molecular flexibility index (Phi) is 4.72. The fourth-order valence-corrected chi connectivity index (χ4v) is 5.14. The minimum absolute atomic E-state index is 0.802. The van der Waals surface area contributed by atoms with Crippen LogP contribution in [0.1, 0.15) is 65.7 Å². The monoisotopic (exact) mass is 278 g/mol. The Labute approximate surface area is 125 Å². The minimum Gasteiger partial charge on any atom is -0.298 e. The highest BCUT2D eigenvalue weighted by atomic mass is 15.3. The number of hydrogen-bond donors (Lipinski definition) is 0. The Hall–Kier alpha value is -0.0800. The van der Waals surface area contributed by atoms with Crippen molar-refractivity contribution >= 4 is 0 Å². The molecule has 0 amide bonds. The molecule has 3 fully saturated rings. The van der Waals surface area contributed by atoms with Crippen LogP contribution in [0.25, 0.3) is 0 Å². The van der Waals surface area contributed by atoms with Crippen LogP contribution in [-0.4, -0.2) is 47.6 Å². The van der Waals surface area contributed by atoms with Crippen LogP contribution < -0.4 is 0 Å². The van der Waals surface area contributed by atoms with Gasteiger partial charge in [0.2, 0.25) is 0 Å². The summed E-state index contributed by atoms with van der Waals surface area (Å²) in [5, 5.41) is 0. The molecule has 20 heavy (non-hydrogen) atoms. The fraction of sp³-hybridized carbons (Fsp3) is 1.00. The molecule has 0 aromatic rings. The van der Waals surface area contributed by atoms with Crippen LogP contribution in [0.15, 0.2) is 0 Å². The summed E-state index contributed by atoms with van der Waals surface area (Å²) in [5.74, 6) is 1.77. The van der Waals surface area contributed by atoms with Gasteiger partial charge in [0.05, 0.1) is 0 Å². The van der Waals surface area contributed by atoms with Crippen molar-refractivity contribution in [2.24, 2.45) is 11.8 Å². The molecule has 2 nitrogen and oxygen atoms in total. The first-order valence-corrected chi connectivity index (χ1v) is 9.20. The number of rotatable bonds is 3. The van der Waals surface area contributed by atoms with Gasteiger partial charge in [-0.15, -0.1) is 0 Å². The van der Waals surface area contributed by atoms with E-state index in [1.807, 2.05) is 0 Å². The van der Waals surface area contributed by atoms with Gasteiger partial charge in [0.25, 0.3) is 0 Å². The van der Waals surface area contributed by atoms with E-state index in [4.69, 9.17) is 0 Å². The first kappa shape index (κ1) is 14.8. The maximum absolute atomic E-state index is 2.98. The number of hydrogen-bond acceptors (Lipinski definition) is 2. The lowest BCUT2D eigenvalue weighted by molar-refractivity contribution is -0.0289. The molecule has 3 aliphatic rings. The second kappa shape index (κ2) is 6.36. The van der Waals surface area contributed by atoms with Gasteiger partial charge >= 0.3 is 0 Å². The smallest absolute Gasteiger partial charge is 0.0249 e. The third kappa shape index (κ3) is 2.78. The maximum Gasteiger partial charge on any atom is 0.0249 e. The zero-order valence-electron chi connectivity index (χ0n) is 13.9. The van der Waals surface area contributed by atoms with Crippen molar-refractivity contribution in [1.29, 1.82) is 0 Å². The molecule has 3 rings (SSSR count). The molecule has 2 saturated heterocycles. The van der Waals surface area contributed by atoms with Crippen molar-refractivity contribution in [2.75, 3.05) is 19.6 Å². The first-order chi connectivity index (χ1) is 9.70. The highest BCUT2D eigenvalue weighted by Gasteiger charge is 2.42. The molecule has 1 saturated carbocycles. The van der Waals surface area contributed by atoms with Gasteiger partial charge in [-0.3, -0.25) is 9.80 Å².